The molecule has 1 unspecified atom stereocenters. The number of amides is 2. The molecule has 9 heteroatoms. The smallest absolute Gasteiger partial charge is 0.409 e. The monoisotopic (exact) mass is 435 g/mol. The van der Waals surface area contributed by atoms with Crippen LogP contribution in [0.25, 0.3) is 10.9 Å². The van der Waals surface area contributed by atoms with Gasteiger partial charge in [-0.1, -0.05) is 18.2 Å². The summed E-state index contributed by atoms with van der Waals surface area (Å²) in [5, 5.41) is 11.0. The SMILES string of the molecule is CCOC(=O)N1CCC2(CC1)CC(NC(=O)c1cccc3cn[nH]c13)c1cccnc1O2. The summed E-state index contributed by atoms with van der Waals surface area (Å²) >= 11 is 0. The lowest BCUT2D eigenvalue weighted by Gasteiger charge is -2.46. The minimum atomic E-state index is -0.498. The number of ether oxygens (including phenoxy) is 2. The van der Waals surface area contributed by atoms with E-state index in [1.165, 1.54) is 0 Å². The molecule has 0 aliphatic carbocycles. The number of benzene rings is 1. The Bertz CT molecular complexity index is 1150. The lowest BCUT2D eigenvalue weighted by atomic mass is 9.81. The van der Waals surface area contributed by atoms with Crippen LogP contribution >= 0.6 is 0 Å². The number of H-pyrrole nitrogens is 1. The van der Waals surface area contributed by atoms with Gasteiger partial charge in [-0.2, -0.15) is 5.10 Å². The topological polar surface area (TPSA) is 109 Å². The molecule has 2 N–H and O–H groups in total. The maximum absolute atomic E-state index is 13.2. The molecule has 2 aliphatic rings. The van der Waals surface area contributed by atoms with Crippen LogP contribution in [0.4, 0.5) is 4.79 Å². The molecule has 1 aromatic carbocycles. The molecular formula is C23H25N5O4. The van der Waals surface area contributed by atoms with Crippen molar-refractivity contribution in [3.63, 3.8) is 0 Å². The van der Waals surface area contributed by atoms with Crippen LogP contribution in [0.3, 0.4) is 0 Å². The number of nitrogens with one attached hydrogen (secondary N) is 2. The highest BCUT2D eigenvalue weighted by atomic mass is 16.6. The summed E-state index contributed by atoms with van der Waals surface area (Å²) in [6.07, 6.45) is 4.98. The molecule has 32 heavy (non-hydrogen) atoms. The zero-order chi connectivity index (χ0) is 22.1. The predicted molar refractivity (Wildman–Crippen MR) is 116 cm³/mol. The van der Waals surface area contributed by atoms with Crippen molar-refractivity contribution in [1.29, 1.82) is 0 Å². The van der Waals surface area contributed by atoms with Crippen LogP contribution in [0.15, 0.2) is 42.7 Å². The largest absolute Gasteiger partial charge is 0.471 e. The number of piperidine rings is 1. The third-order valence-electron chi connectivity index (χ3n) is 6.29. The van der Waals surface area contributed by atoms with Crippen molar-refractivity contribution >= 4 is 22.9 Å². The molecule has 1 spiro atoms. The highest BCUT2D eigenvalue weighted by molar-refractivity contribution is 6.05. The minimum absolute atomic E-state index is 0.180. The van der Waals surface area contributed by atoms with Crippen LogP contribution in [0.1, 0.15) is 48.1 Å². The van der Waals surface area contributed by atoms with Crippen molar-refractivity contribution in [2.24, 2.45) is 0 Å². The fourth-order valence-electron chi connectivity index (χ4n) is 4.62. The Balaban J connectivity index is 1.38. The van der Waals surface area contributed by atoms with E-state index < -0.39 is 5.60 Å². The van der Waals surface area contributed by atoms with E-state index in [1.807, 2.05) is 24.3 Å². The molecule has 2 aromatic heterocycles. The van der Waals surface area contributed by atoms with E-state index in [4.69, 9.17) is 9.47 Å². The first-order valence-electron chi connectivity index (χ1n) is 10.9. The molecule has 3 aromatic rings. The van der Waals surface area contributed by atoms with E-state index in [1.54, 1.807) is 30.3 Å². The van der Waals surface area contributed by atoms with Gasteiger partial charge in [-0.15, -0.1) is 0 Å². The number of aromatic nitrogens is 3. The maximum atomic E-state index is 13.2. The van der Waals surface area contributed by atoms with Gasteiger partial charge >= 0.3 is 6.09 Å². The number of likely N-dealkylation sites (tertiary alicyclic amines) is 1. The van der Waals surface area contributed by atoms with Gasteiger partial charge in [0.25, 0.3) is 5.91 Å². The third-order valence-corrected chi connectivity index (χ3v) is 6.29. The van der Waals surface area contributed by atoms with Crippen molar-refractivity contribution < 1.29 is 19.1 Å². The van der Waals surface area contributed by atoms with Crippen LogP contribution in [-0.4, -0.2) is 57.4 Å². The number of nitrogens with zero attached hydrogens (tertiary/aromatic N) is 3. The molecule has 1 saturated heterocycles. The summed E-state index contributed by atoms with van der Waals surface area (Å²) in [7, 11) is 0. The highest BCUT2D eigenvalue weighted by Gasteiger charge is 2.45. The van der Waals surface area contributed by atoms with E-state index >= 15 is 0 Å². The summed E-state index contributed by atoms with van der Waals surface area (Å²) < 4.78 is 11.5. The van der Waals surface area contributed by atoms with Crippen molar-refractivity contribution in [2.45, 2.75) is 37.8 Å². The van der Waals surface area contributed by atoms with Crippen molar-refractivity contribution in [3.05, 3.63) is 53.9 Å². The average Bonchev–Trinajstić information content (AvgIpc) is 3.28. The fourth-order valence-corrected chi connectivity index (χ4v) is 4.62. The zero-order valence-corrected chi connectivity index (χ0v) is 17.8. The first kappa shape index (κ1) is 20.3. The van der Waals surface area contributed by atoms with E-state index in [0.717, 1.165) is 10.9 Å². The first-order chi connectivity index (χ1) is 15.6. The lowest BCUT2D eigenvalue weighted by Crippen LogP contribution is -2.53. The van der Waals surface area contributed by atoms with Gasteiger partial charge in [-0.05, 0) is 19.1 Å². The number of aromatic amines is 1. The van der Waals surface area contributed by atoms with Crippen LogP contribution in [0.2, 0.25) is 0 Å². The summed E-state index contributed by atoms with van der Waals surface area (Å²) in [5.41, 5.74) is 1.61. The van der Waals surface area contributed by atoms with Crippen molar-refractivity contribution in [1.82, 2.24) is 25.4 Å². The molecule has 0 saturated carbocycles. The van der Waals surface area contributed by atoms with Crippen LogP contribution in [0.5, 0.6) is 5.88 Å². The Hall–Kier alpha value is -3.62. The van der Waals surface area contributed by atoms with Crippen LogP contribution < -0.4 is 10.1 Å². The number of carbonyl (C=O) groups excluding carboxylic acids is 2. The average molecular weight is 435 g/mol. The van der Waals surface area contributed by atoms with Crippen LogP contribution in [-0.2, 0) is 4.74 Å². The number of hydrogen-bond donors (Lipinski definition) is 2. The van der Waals surface area contributed by atoms with Gasteiger partial charge in [-0.25, -0.2) is 9.78 Å². The second-order valence-corrected chi connectivity index (χ2v) is 8.24. The molecule has 4 heterocycles. The quantitative estimate of drug-likeness (QED) is 0.654. The zero-order valence-electron chi connectivity index (χ0n) is 17.8. The Labute approximate surface area is 185 Å². The molecule has 1 fully saturated rings. The van der Waals surface area contributed by atoms with Gasteiger partial charge in [0.15, 0.2) is 0 Å². The first-order valence-corrected chi connectivity index (χ1v) is 10.9. The number of hydrogen-bond acceptors (Lipinski definition) is 6. The maximum Gasteiger partial charge on any atom is 0.409 e. The summed E-state index contributed by atoms with van der Waals surface area (Å²) in [6.45, 7) is 3.23. The van der Waals surface area contributed by atoms with Gasteiger partial charge in [-0.3, -0.25) is 9.89 Å². The van der Waals surface area contributed by atoms with E-state index in [2.05, 4.69) is 20.5 Å². The number of fused-ring (bicyclic) bond motifs is 2. The Kier molecular flexibility index (Phi) is 5.16. The molecule has 5 rings (SSSR count). The number of rotatable bonds is 3. The molecule has 0 radical (unpaired) electrons. The number of carbonyl (C=O) groups is 2. The molecule has 1 atom stereocenters. The van der Waals surface area contributed by atoms with Crippen molar-refractivity contribution in [2.75, 3.05) is 19.7 Å². The number of pyridine rings is 1. The molecule has 2 aliphatic heterocycles. The van der Waals surface area contributed by atoms with E-state index in [9.17, 15) is 9.59 Å². The molecule has 2 amide bonds. The summed E-state index contributed by atoms with van der Waals surface area (Å²) in [4.78, 5) is 31.5. The summed E-state index contributed by atoms with van der Waals surface area (Å²) in [5.74, 6) is 0.356. The Morgan fingerprint density at radius 1 is 1.28 bits per heavy atom. The second-order valence-electron chi connectivity index (χ2n) is 8.24. The van der Waals surface area contributed by atoms with Gasteiger partial charge in [0.05, 0.1) is 29.9 Å². The molecule has 166 valence electrons. The fraction of sp³-hybridized carbons (Fsp3) is 0.391. The number of para-hydroxylation sites is 1. The normalized spacial score (nSPS) is 19.3. The summed E-state index contributed by atoms with van der Waals surface area (Å²) in [6, 6.07) is 9.07. The predicted octanol–water partition coefficient (Wildman–Crippen LogP) is 3.20. The van der Waals surface area contributed by atoms with Gasteiger partial charge in [0.2, 0.25) is 5.88 Å². The second kappa shape index (κ2) is 8.14. The third kappa shape index (κ3) is 3.63. The van der Waals surface area contributed by atoms with Crippen LogP contribution in [0, 0.1) is 0 Å². The molecule has 0 bridgehead atoms. The van der Waals surface area contributed by atoms with Gasteiger partial charge < -0.3 is 19.7 Å². The Morgan fingerprint density at radius 2 is 2.12 bits per heavy atom. The minimum Gasteiger partial charge on any atom is -0.471 e. The lowest BCUT2D eigenvalue weighted by molar-refractivity contribution is -0.0267. The molecular weight excluding hydrogens is 410 g/mol. The molecule has 9 nitrogen and oxygen atoms in total. The van der Waals surface area contributed by atoms with Crippen molar-refractivity contribution in [3.8, 4) is 5.88 Å². The van der Waals surface area contributed by atoms with Gasteiger partial charge in [0, 0.05) is 49.5 Å². The standard InChI is InChI=1S/C23H25N5O4/c1-2-31-22(30)28-11-8-23(9-12-28)13-18(16-7-4-10-24-21(16)32-23)26-20(29)17-6-3-5-15-14-25-27-19(15)17/h3-7,10,14,18H,2,8-9,11-13H2,1H3,(H,25,27)(H,26,29). The highest BCUT2D eigenvalue weighted by Crippen LogP contribution is 2.43. The van der Waals surface area contributed by atoms with E-state index in [-0.39, 0.29) is 18.0 Å². The van der Waals surface area contributed by atoms with Gasteiger partial charge in [0.1, 0.15) is 5.60 Å². The Morgan fingerprint density at radius 3 is 2.94 bits per heavy atom. The van der Waals surface area contributed by atoms with E-state index in [0.29, 0.717) is 55.9 Å².